The summed E-state index contributed by atoms with van der Waals surface area (Å²) in [4.78, 5) is 11.3. The van der Waals surface area contributed by atoms with Gasteiger partial charge in [-0.05, 0) is 38.1 Å². The van der Waals surface area contributed by atoms with E-state index in [1.165, 1.54) is 19.3 Å². The van der Waals surface area contributed by atoms with Gasteiger partial charge in [-0.3, -0.25) is 4.79 Å². The molecule has 0 spiro atoms. The summed E-state index contributed by atoms with van der Waals surface area (Å²) in [7, 11) is 0. The maximum Gasteiger partial charge on any atom is 0.221 e. The fourth-order valence-corrected chi connectivity index (χ4v) is 2.18. The third-order valence-electron chi connectivity index (χ3n) is 3.40. The van der Waals surface area contributed by atoms with E-state index in [0.717, 1.165) is 31.8 Å². The van der Waals surface area contributed by atoms with Gasteiger partial charge in [-0.15, -0.1) is 0 Å². The average molecular weight is 196 g/mol. The molecule has 2 N–H and O–H groups in total. The zero-order valence-electron chi connectivity index (χ0n) is 8.72. The lowest BCUT2D eigenvalue weighted by molar-refractivity contribution is -0.121. The van der Waals surface area contributed by atoms with Crippen molar-refractivity contribution in [2.45, 2.75) is 44.6 Å². The van der Waals surface area contributed by atoms with Crippen LogP contribution >= 0.6 is 0 Å². The zero-order valence-corrected chi connectivity index (χ0v) is 8.72. The molecule has 2 rings (SSSR count). The van der Waals surface area contributed by atoms with Crippen molar-refractivity contribution in [3.8, 4) is 0 Å². The van der Waals surface area contributed by atoms with Gasteiger partial charge in [0.1, 0.15) is 0 Å². The van der Waals surface area contributed by atoms with Gasteiger partial charge in [0.15, 0.2) is 0 Å². The van der Waals surface area contributed by atoms with Crippen LogP contribution < -0.4 is 10.6 Å². The first-order valence-electron chi connectivity index (χ1n) is 5.84. The summed E-state index contributed by atoms with van der Waals surface area (Å²) < 4.78 is 0. The van der Waals surface area contributed by atoms with Gasteiger partial charge in [0, 0.05) is 19.0 Å². The van der Waals surface area contributed by atoms with Gasteiger partial charge in [0.05, 0.1) is 0 Å². The standard InChI is InChI=1S/C11H20N2O/c14-11-7-10(5-2-6-12-11)13-8-9-3-1-4-9/h9-10,13H,1-8H2,(H,12,14). The molecule has 0 aromatic rings. The van der Waals surface area contributed by atoms with E-state index >= 15 is 0 Å². The maximum absolute atomic E-state index is 11.3. The molecule has 1 unspecified atom stereocenters. The van der Waals surface area contributed by atoms with Crippen LogP contribution in [0.4, 0.5) is 0 Å². The highest BCUT2D eigenvalue weighted by Crippen LogP contribution is 2.25. The molecular formula is C11H20N2O. The van der Waals surface area contributed by atoms with Gasteiger partial charge in [-0.1, -0.05) is 6.42 Å². The highest BCUT2D eigenvalue weighted by atomic mass is 16.1. The average Bonchev–Trinajstić information content (AvgIpc) is 2.27. The summed E-state index contributed by atoms with van der Waals surface area (Å²) >= 11 is 0. The van der Waals surface area contributed by atoms with E-state index in [1.54, 1.807) is 0 Å². The van der Waals surface area contributed by atoms with Crippen molar-refractivity contribution in [1.29, 1.82) is 0 Å². The molecule has 0 bridgehead atoms. The van der Waals surface area contributed by atoms with Crippen molar-refractivity contribution in [2.75, 3.05) is 13.1 Å². The molecule has 0 aromatic heterocycles. The van der Waals surface area contributed by atoms with Crippen molar-refractivity contribution >= 4 is 5.91 Å². The van der Waals surface area contributed by atoms with Gasteiger partial charge < -0.3 is 10.6 Å². The van der Waals surface area contributed by atoms with Crippen LogP contribution in [-0.2, 0) is 4.79 Å². The van der Waals surface area contributed by atoms with Crippen LogP contribution in [0.1, 0.15) is 38.5 Å². The van der Waals surface area contributed by atoms with Crippen molar-refractivity contribution in [3.05, 3.63) is 0 Å². The second-order valence-corrected chi connectivity index (χ2v) is 4.60. The Kier molecular flexibility index (Phi) is 3.40. The van der Waals surface area contributed by atoms with Crippen LogP contribution in [0.15, 0.2) is 0 Å². The van der Waals surface area contributed by atoms with Crippen LogP contribution in [0, 0.1) is 5.92 Å². The van der Waals surface area contributed by atoms with E-state index in [9.17, 15) is 4.79 Å². The lowest BCUT2D eigenvalue weighted by Gasteiger charge is -2.27. The molecule has 3 nitrogen and oxygen atoms in total. The first kappa shape index (κ1) is 9.97. The SMILES string of the molecule is O=C1CC(NCC2CCC2)CCCN1. The summed E-state index contributed by atoms with van der Waals surface area (Å²) in [5, 5.41) is 6.44. The van der Waals surface area contributed by atoms with Crippen LogP contribution in [0.3, 0.4) is 0 Å². The number of hydrogen-bond acceptors (Lipinski definition) is 2. The van der Waals surface area contributed by atoms with Gasteiger partial charge in [0.25, 0.3) is 0 Å². The molecule has 0 aromatic carbocycles. The zero-order chi connectivity index (χ0) is 9.80. The predicted octanol–water partition coefficient (Wildman–Crippen LogP) is 1.04. The molecule has 1 heterocycles. The molecule has 1 amide bonds. The molecule has 1 saturated heterocycles. The summed E-state index contributed by atoms with van der Waals surface area (Å²) in [6.07, 6.45) is 7.10. The topological polar surface area (TPSA) is 41.1 Å². The fourth-order valence-electron chi connectivity index (χ4n) is 2.18. The van der Waals surface area contributed by atoms with Crippen LogP contribution in [0.25, 0.3) is 0 Å². The molecule has 2 fully saturated rings. The molecule has 1 aliphatic carbocycles. The van der Waals surface area contributed by atoms with Crippen LogP contribution in [0.5, 0.6) is 0 Å². The molecule has 1 aliphatic heterocycles. The van der Waals surface area contributed by atoms with Crippen molar-refractivity contribution in [2.24, 2.45) is 5.92 Å². The molecule has 0 radical (unpaired) electrons. The Bertz CT molecular complexity index is 201. The largest absolute Gasteiger partial charge is 0.356 e. The Morgan fingerprint density at radius 2 is 2.14 bits per heavy atom. The molecule has 2 aliphatic rings. The Balaban J connectivity index is 1.69. The summed E-state index contributed by atoms with van der Waals surface area (Å²) in [5.41, 5.74) is 0. The number of nitrogens with one attached hydrogen (secondary N) is 2. The monoisotopic (exact) mass is 196 g/mol. The number of carbonyl (C=O) groups is 1. The normalized spacial score (nSPS) is 29.1. The second kappa shape index (κ2) is 4.78. The maximum atomic E-state index is 11.3. The van der Waals surface area contributed by atoms with Crippen molar-refractivity contribution < 1.29 is 4.79 Å². The second-order valence-electron chi connectivity index (χ2n) is 4.60. The lowest BCUT2D eigenvalue weighted by atomic mass is 9.85. The Labute approximate surface area is 85.6 Å². The number of amides is 1. The smallest absolute Gasteiger partial charge is 0.221 e. The summed E-state index contributed by atoms with van der Waals surface area (Å²) in [6, 6.07) is 0.429. The summed E-state index contributed by atoms with van der Waals surface area (Å²) in [6.45, 7) is 1.98. The number of carbonyl (C=O) groups excluding carboxylic acids is 1. The Morgan fingerprint density at radius 1 is 1.29 bits per heavy atom. The van der Waals surface area contributed by atoms with Crippen molar-refractivity contribution in [3.63, 3.8) is 0 Å². The van der Waals surface area contributed by atoms with Gasteiger partial charge in [-0.2, -0.15) is 0 Å². The Morgan fingerprint density at radius 3 is 2.86 bits per heavy atom. The van der Waals surface area contributed by atoms with E-state index in [-0.39, 0.29) is 5.91 Å². The van der Waals surface area contributed by atoms with E-state index in [4.69, 9.17) is 0 Å². The van der Waals surface area contributed by atoms with E-state index < -0.39 is 0 Å². The minimum atomic E-state index is 0.216. The fraction of sp³-hybridized carbons (Fsp3) is 0.909. The minimum absolute atomic E-state index is 0.216. The quantitative estimate of drug-likeness (QED) is 0.708. The van der Waals surface area contributed by atoms with E-state index in [2.05, 4.69) is 10.6 Å². The molecule has 80 valence electrons. The predicted molar refractivity (Wildman–Crippen MR) is 56.0 cm³/mol. The highest BCUT2D eigenvalue weighted by molar-refractivity contribution is 5.76. The molecule has 3 heteroatoms. The van der Waals surface area contributed by atoms with Crippen LogP contribution in [0.2, 0.25) is 0 Å². The number of rotatable bonds is 3. The van der Waals surface area contributed by atoms with Crippen molar-refractivity contribution in [1.82, 2.24) is 10.6 Å². The highest BCUT2D eigenvalue weighted by Gasteiger charge is 2.21. The molecule has 14 heavy (non-hydrogen) atoms. The van der Waals surface area contributed by atoms with Gasteiger partial charge >= 0.3 is 0 Å². The van der Waals surface area contributed by atoms with Gasteiger partial charge in [-0.25, -0.2) is 0 Å². The molecule has 1 saturated carbocycles. The van der Waals surface area contributed by atoms with Crippen LogP contribution in [-0.4, -0.2) is 25.0 Å². The molecule has 1 atom stereocenters. The Hall–Kier alpha value is -0.570. The van der Waals surface area contributed by atoms with E-state index in [1.807, 2.05) is 0 Å². The number of hydrogen-bond donors (Lipinski definition) is 2. The van der Waals surface area contributed by atoms with E-state index in [0.29, 0.717) is 12.5 Å². The third-order valence-corrected chi connectivity index (χ3v) is 3.40. The van der Waals surface area contributed by atoms with Gasteiger partial charge in [0.2, 0.25) is 5.91 Å². The first-order valence-corrected chi connectivity index (χ1v) is 5.84. The third kappa shape index (κ3) is 2.71. The minimum Gasteiger partial charge on any atom is -0.356 e. The first-order chi connectivity index (χ1) is 6.84. The lowest BCUT2D eigenvalue weighted by Crippen LogP contribution is -2.37. The summed E-state index contributed by atoms with van der Waals surface area (Å²) in [5.74, 6) is 1.11. The molecular weight excluding hydrogens is 176 g/mol.